The number of hydrogen-bond donors (Lipinski definition) is 2. The molecule has 2 unspecified atom stereocenters. The van der Waals surface area contributed by atoms with Gasteiger partial charge in [-0.05, 0) is 38.7 Å². The Balaban J connectivity index is 1.63. The molecule has 2 amide bonds. The van der Waals surface area contributed by atoms with Crippen molar-refractivity contribution in [2.45, 2.75) is 51.6 Å². The zero-order valence-corrected chi connectivity index (χ0v) is 17.6. The number of piperidine rings is 1. The molecule has 0 saturated carbocycles. The number of carbonyl (C=O) groups excluding carboxylic acids is 2. The number of aromatic nitrogens is 2. The molecule has 9 heteroatoms. The molecule has 1 aliphatic rings. The number of esters is 1. The molecule has 0 bridgehead atoms. The number of hydrogen-bond acceptors (Lipinski definition) is 7. The van der Waals surface area contributed by atoms with Gasteiger partial charge in [0.15, 0.2) is 0 Å². The maximum atomic E-state index is 12.5. The van der Waals surface area contributed by atoms with Gasteiger partial charge in [0.05, 0.1) is 19.1 Å². The zero-order valence-electron chi connectivity index (χ0n) is 16.8. The normalized spacial score (nSPS) is 17.4. The van der Waals surface area contributed by atoms with Crippen LogP contribution in [0.2, 0.25) is 0 Å². The lowest BCUT2D eigenvalue weighted by atomic mass is 10.0. The monoisotopic (exact) mass is 417 g/mol. The molecule has 1 fully saturated rings. The SMILES string of the molecule is CCOC(=O)CC(NC(=O)Nc1nnc(N2CCCCC2C)s1)c1ccccc1. The molecular formula is C20H27N5O3S. The van der Waals surface area contributed by atoms with E-state index in [1.165, 1.54) is 17.8 Å². The van der Waals surface area contributed by atoms with E-state index in [0.29, 0.717) is 17.8 Å². The molecule has 2 aromatic rings. The Morgan fingerprint density at radius 3 is 2.79 bits per heavy atom. The van der Waals surface area contributed by atoms with Gasteiger partial charge < -0.3 is 15.0 Å². The molecule has 29 heavy (non-hydrogen) atoms. The summed E-state index contributed by atoms with van der Waals surface area (Å²) in [5, 5.41) is 15.2. The minimum absolute atomic E-state index is 0.0535. The van der Waals surface area contributed by atoms with E-state index < -0.39 is 12.1 Å². The van der Waals surface area contributed by atoms with Crippen LogP contribution in [-0.2, 0) is 9.53 Å². The fourth-order valence-corrected chi connectivity index (χ4v) is 4.25. The van der Waals surface area contributed by atoms with E-state index in [-0.39, 0.29) is 12.4 Å². The van der Waals surface area contributed by atoms with Gasteiger partial charge in [-0.3, -0.25) is 10.1 Å². The molecule has 0 aliphatic carbocycles. The van der Waals surface area contributed by atoms with Crippen molar-refractivity contribution >= 4 is 33.6 Å². The van der Waals surface area contributed by atoms with Gasteiger partial charge in [-0.2, -0.15) is 0 Å². The Kier molecular flexibility index (Phi) is 7.40. The summed E-state index contributed by atoms with van der Waals surface area (Å²) >= 11 is 1.36. The smallest absolute Gasteiger partial charge is 0.321 e. The summed E-state index contributed by atoms with van der Waals surface area (Å²) in [6, 6.07) is 8.84. The third-order valence-electron chi connectivity index (χ3n) is 4.87. The number of amides is 2. The molecule has 2 N–H and O–H groups in total. The summed E-state index contributed by atoms with van der Waals surface area (Å²) in [5.41, 5.74) is 0.829. The fraction of sp³-hybridized carbons (Fsp3) is 0.500. The maximum Gasteiger partial charge on any atom is 0.321 e. The van der Waals surface area contributed by atoms with Gasteiger partial charge >= 0.3 is 12.0 Å². The van der Waals surface area contributed by atoms with Crippen LogP contribution in [0.25, 0.3) is 0 Å². The Hall–Kier alpha value is -2.68. The third-order valence-corrected chi connectivity index (χ3v) is 5.74. The summed E-state index contributed by atoms with van der Waals surface area (Å²) in [6.45, 7) is 5.19. The van der Waals surface area contributed by atoms with Crippen LogP contribution in [0.4, 0.5) is 15.1 Å². The first-order valence-electron chi connectivity index (χ1n) is 9.95. The van der Waals surface area contributed by atoms with Gasteiger partial charge in [0.25, 0.3) is 0 Å². The molecule has 1 aromatic carbocycles. The van der Waals surface area contributed by atoms with Crippen molar-refractivity contribution in [3.05, 3.63) is 35.9 Å². The first-order chi connectivity index (χ1) is 14.1. The Labute approximate surface area is 174 Å². The lowest BCUT2D eigenvalue weighted by Gasteiger charge is -2.32. The number of ether oxygens (including phenoxy) is 1. The standard InChI is InChI=1S/C20H27N5O3S/c1-3-28-17(26)13-16(15-10-5-4-6-11-15)21-18(27)22-19-23-24-20(29-19)25-12-8-7-9-14(25)2/h4-6,10-11,14,16H,3,7-9,12-13H2,1-2H3,(H2,21,22,23,27). The number of nitrogens with one attached hydrogen (secondary N) is 2. The molecule has 2 heterocycles. The van der Waals surface area contributed by atoms with Crippen molar-refractivity contribution in [3.8, 4) is 0 Å². The van der Waals surface area contributed by atoms with Gasteiger partial charge in [0, 0.05) is 12.6 Å². The average Bonchev–Trinajstić information content (AvgIpc) is 3.16. The maximum absolute atomic E-state index is 12.5. The molecule has 8 nitrogen and oxygen atoms in total. The van der Waals surface area contributed by atoms with Crippen molar-refractivity contribution in [1.29, 1.82) is 0 Å². The number of carbonyl (C=O) groups is 2. The minimum atomic E-state index is -0.496. The summed E-state index contributed by atoms with van der Waals surface area (Å²) < 4.78 is 5.04. The van der Waals surface area contributed by atoms with E-state index in [9.17, 15) is 9.59 Å². The van der Waals surface area contributed by atoms with Crippen LogP contribution >= 0.6 is 11.3 Å². The predicted molar refractivity (Wildman–Crippen MR) is 113 cm³/mol. The molecule has 1 aromatic heterocycles. The zero-order chi connectivity index (χ0) is 20.6. The Morgan fingerprint density at radius 1 is 1.28 bits per heavy atom. The molecule has 1 aliphatic heterocycles. The number of rotatable bonds is 7. The first-order valence-corrected chi connectivity index (χ1v) is 10.8. The van der Waals surface area contributed by atoms with E-state index in [1.54, 1.807) is 6.92 Å². The fourth-order valence-electron chi connectivity index (χ4n) is 3.38. The highest BCUT2D eigenvalue weighted by molar-refractivity contribution is 7.19. The highest BCUT2D eigenvalue weighted by Crippen LogP contribution is 2.29. The summed E-state index contributed by atoms with van der Waals surface area (Å²) in [5.74, 6) is -0.362. The molecule has 156 valence electrons. The second-order valence-electron chi connectivity index (χ2n) is 7.00. The number of nitrogens with zero attached hydrogens (tertiary/aromatic N) is 3. The second-order valence-corrected chi connectivity index (χ2v) is 7.95. The molecule has 3 rings (SSSR count). The van der Waals surface area contributed by atoms with Crippen LogP contribution in [0.3, 0.4) is 0 Å². The van der Waals surface area contributed by atoms with Crippen LogP contribution in [0.1, 0.15) is 51.1 Å². The van der Waals surface area contributed by atoms with Crippen LogP contribution < -0.4 is 15.5 Å². The summed E-state index contributed by atoms with van der Waals surface area (Å²) in [7, 11) is 0. The van der Waals surface area contributed by atoms with Gasteiger partial charge in [-0.25, -0.2) is 4.79 Å². The van der Waals surface area contributed by atoms with E-state index in [1.807, 2.05) is 30.3 Å². The second kappa shape index (κ2) is 10.2. The van der Waals surface area contributed by atoms with Crippen molar-refractivity contribution < 1.29 is 14.3 Å². The minimum Gasteiger partial charge on any atom is -0.466 e. The van der Waals surface area contributed by atoms with E-state index in [2.05, 4.69) is 32.7 Å². The van der Waals surface area contributed by atoms with Crippen LogP contribution in [-0.4, -0.2) is 41.4 Å². The van der Waals surface area contributed by atoms with E-state index in [0.717, 1.165) is 30.1 Å². The molecular weight excluding hydrogens is 390 g/mol. The average molecular weight is 418 g/mol. The summed E-state index contributed by atoms with van der Waals surface area (Å²) in [4.78, 5) is 26.7. The van der Waals surface area contributed by atoms with Crippen molar-refractivity contribution in [2.75, 3.05) is 23.4 Å². The largest absolute Gasteiger partial charge is 0.466 e. The molecule has 1 saturated heterocycles. The van der Waals surface area contributed by atoms with Crippen LogP contribution in [0, 0.1) is 0 Å². The Morgan fingerprint density at radius 2 is 2.07 bits per heavy atom. The van der Waals surface area contributed by atoms with E-state index >= 15 is 0 Å². The lowest BCUT2D eigenvalue weighted by molar-refractivity contribution is -0.143. The van der Waals surface area contributed by atoms with Crippen molar-refractivity contribution in [3.63, 3.8) is 0 Å². The molecule has 0 radical (unpaired) electrons. The number of benzene rings is 1. The topological polar surface area (TPSA) is 96.4 Å². The highest BCUT2D eigenvalue weighted by atomic mass is 32.1. The van der Waals surface area contributed by atoms with Gasteiger partial charge in [0.1, 0.15) is 0 Å². The van der Waals surface area contributed by atoms with Crippen molar-refractivity contribution in [1.82, 2.24) is 15.5 Å². The van der Waals surface area contributed by atoms with Gasteiger partial charge in [-0.1, -0.05) is 41.7 Å². The summed E-state index contributed by atoms with van der Waals surface area (Å²) in [6.07, 6.45) is 3.55. The Bertz CT molecular complexity index is 813. The van der Waals surface area contributed by atoms with Crippen LogP contribution in [0.5, 0.6) is 0 Å². The van der Waals surface area contributed by atoms with Crippen LogP contribution in [0.15, 0.2) is 30.3 Å². The highest BCUT2D eigenvalue weighted by Gasteiger charge is 2.23. The quantitative estimate of drug-likeness (QED) is 0.667. The van der Waals surface area contributed by atoms with Gasteiger partial charge in [-0.15, -0.1) is 10.2 Å². The molecule has 2 atom stereocenters. The van der Waals surface area contributed by atoms with E-state index in [4.69, 9.17) is 4.74 Å². The first kappa shape index (κ1) is 21.0. The lowest BCUT2D eigenvalue weighted by Crippen LogP contribution is -2.37. The molecule has 0 spiro atoms. The number of urea groups is 1. The van der Waals surface area contributed by atoms with Crippen molar-refractivity contribution in [2.24, 2.45) is 0 Å². The predicted octanol–water partition coefficient (Wildman–Crippen LogP) is 3.73. The third kappa shape index (κ3) is 5.90. The van der Waals surface area contributed by atoms with Gasteiger partial charge in [0.2, 0.25) is 10.3 Å². The number of anilines is 2.